The van der Waals surface area contributed by atoms with Gasteiger partial charge in [0.15, 0.2) is 0 Å². The molecule has 0 radical (unpaired) electrons. The van der Waals surface area contributed by atoms with Crippen LogP contribution < -0.4 is 26.6 Å². The van der Waals surface area contributed by atoms with Crippen LogP contribution in [-0.4, -0.2) is 39.0 Å². The summed E-state index contributed by atoms with van der Waals surface area (Å²) in [5.74, 6) is -0.153. The van der Waals surface area contributed by atoms with E-state index in [0.717, 1.165) is 33.9 Å². The van der Waals surface area contributed by atoms with Crippen molar-refractivity contribution in [3.63, 3.8) is 0 Å². The van der Waals surface area contributed by atoms with Gasteiger partial charge in [-0.25, -0.2) is 0 Å². The summed E-state index contributed by atoms with van der Waals surface area (Å²) in [6.07, 6.45) is 1.05. The topological polar surface area (TPSA) is 94.3 Å². The summed E-state index contributed by atoms with van der Waals surface area (Å²) in [5, 5.41) is 15.1. The number of anilines is 4. The van der Waals surface area contributed by atoms with Gasteiger partial charge >= 0.3 is 0 Å². The highest BCUT2D eigenvalue weighted by molar-refractivity contribution is 5.99. The van der Waals surface area contributed by atoms with Gasteiger partial charge in [0.1, 0.15) is 0 Å². The summed E-state index contributed by atoms with van der Waals surface area (Å²) in [7, 11) is 3.62. The van der Waals surface area contributed by atoms with Crippen LogP contribution in [0.15, 0.2) is 36.4 Å². The molecule has 0 saturated heterocycles. The van der Waals surface area contributed by atoms with Crippen LogP contribution in [0.4, 0.5) is 22.7 Å². The minimum absolute atomic E-state index is 0.0183. The van der Waals surface area contributed by atoms with E-state index >= 15 is 0 Å². The van der Waals surface area contributed by atoms with Crippen LogP contribution >= 0.6 is 0 Å². The minimum Gasteiger partial charge on any atom is -0.386 e. The largest absolute Gasteiger partial charge is 0.386 e. The summed E-state index contributed by atoms with van der Waals surface area (Å²) in [5.41, 5.74) is 5.39. The Labute approximate surface area is 172 Å². The molecule has 5 N–H and O–H groups in total. The fourth-order valence-electron chi connectivity index (χ4n) is 3.08. The van der Waals surface area contributed by atoms with Gasteiger partial charge in [-0.2, -0.15) is 0 Å². The van der Waals surface area contributed by atoms with Gasteiger partial charge in [-0.15, -0.1) is 0 Å². The highest BCUT2D eigenvalue weighted by atomic mass is 16.2. The predicted molar refractivity (Wildman–Crippen MR) is 121 cm³/mol. The maximum absolute atomic E-state index is 12.3. The molecule has 7 nitrogen and oxygen atoms in total. The molecule has 0 heterocycles. The van der Waals surface area contributed by atoms with E-state index in [1.807, 2.05) is 64.3 Å². The first-order chi connectivity index (χ1) is 14.0. The number of para-hydroxylation sites is 2. The van der Waals surface area contributed by atoms with Gasteiger partial charge in [0.05, 0.1) is 23.6 Å². The molecule has 0 aromatic heterocycles. The zero-order valence-electron chi connectivity index (χ0n) is 17.6. The molecule has 7 heteroatoms. The van der Waals surface area contributed by atoms with Crippen molar-refractivity contribution in [3.8, 4) is 0 Å². The Morgan fingerprint density at radius 1 is 0.793 bits per heavy atom. The van der Waals surface area contributed by atoms with Crippen LogP contribution in [0.2, 0.25) is 0 Å². The fourth-order valence-corrected chi connectivity index (χ4v) is 3.08. The predicted octanol–water partition coefficient (Wildman–Crippen LogP) is 3.33. The van der Waals surface area contributed by atoms with E-state index in [4.69, 9.17) is 0 Å². The van der Waals surface area contributed by atoms with Crippen LogP contribution in [0.25, 0.3) is 0 Å². The average molecular weight is 398 g/mol. The number of carbonyl (C=O) groups excluding carboxylic acids is 2. The molecule has 0 aliphatic rings. The molecule has 0 unspecified atom stereocenters. The highest BCUT2D eigenvalue weighted by Crippen LogP contribution is 2.29. The standard InChI is InChI=1S/C22H31N5O2/c1-15-8-5-9-16(2)21(15)26-19(28)12-7-13-25-14-20(29)27-22-17(23-3)10-6-11-18(22)24-4/h5-6,8-11,23-25H,7,12-14H2,1-4H3,(H,26,28)(H,27,29). The zero-order valence-corrected chi connectivity index (χ0v) is 17.6. The number of rotatable bonds is 10. The Morgan fingerprint density at radius 2 is 1.34 bits per heavy atom. The van der Waals surface area contributed by atoms with Crippen molar-refractivity contribution in [3.05, 3.63) is 47.5 Å². The molecule has 2 rings (SSSR count). The van der Waals surface area contributed by atoms with Crippen molar-refractivity contribution in [2.24, 2.45) is 0 Å². The van der Waals surface area contributed by atoms with Gasteiger partial charge in [-0.3, -0.25) is 9.59 Å². The molecule has 0 bridgehead atoms. The summed E-state index contributed by atoms with van der Waals surface area (Å²) in [4.78, 5) is 24.4. The number of aryl methyl sites for hydroxylation is 2. The molecule has 2 amide bonds. The lowest BCUT2D eigenvalue weighted by atomic mass is 10.1. The molecule has 29 heavy (non-hydrogen) atoms. The number of carbonyl (C=O) groups is 2. The Kier molecular flexibility index (Phi) is 8.48. The second-order valence-corrected chi connectivity index (χ2v) is 6.87. The minimum atomic E-state index is -0.135. The first kappa shape index (κ1) is 22.2. The number of amides is 2. The second kappa shape index (κ2) is 11.1. The summed E-state index contributed by atoms with van der Waals surface area (Å²) in [6.45, 7) is 4.73. The monoisotopic (exact) mass is 397 g/mol. The van der Waals surface area contributed by atoms with E-state index in [2.05, 4.69) is 26.6 Å². The summed E-state index contributed by atoms with van der Waals surface area (Å²) < 4.78 is 0. The van der Waals surface area contributed by atoms with E-state index < -0.39 is 0 Å². The lowest BCUT2D eigenvalue weighted by Gasteiger charge is -2.15. The maximum atomic E-state index is 12.3. The summed E-state index contributed by atoms with van der Waals surface area (Å²) in [6, 6.07) is 11.7. The van der Waals surface area contributed by atoms with Gasteiger partial charge in [0.25, 0.3) is 0 Å². The first-order valence-electron chi connectivity index (χ1n) is 9.81. The third kappa shape index (κ3) is 6.50. The lowest BCUT2D eigenvalue weighted by molar-refractivity contribution is -0.116. The Balaban J connectivity index is 1.73. The van der Waals surface area contributed by atoms with E-state index in [0.29, 0.717) is 19.4 Å². The van der Waals surface area contributed by atoms with Gasteiger partial charge in [0, 0.05) is 26.2 Å². The van der Waals surface area contributed by atoms with Crippen molar-refractivity contribution >= 4 is 34.6 Å². The SMILES string of the molecule is CNc1cccc(NC)c1NC(=O)CNCCCC(=O)Nc1c(C)cccc1C. The smallest absolute Gasteiger partial charge is 0.238 e. The van der Waals surface area contributed by atoms with E-state index in [9.17, 15) is 9.59 Å². The van der Waals surface area contributed by atoms with Crippen LogP contribution in [0.3, 0.4) is 0 Å². The maximum Gasteiger partial charge on any atom is 0.238 e. The van der Waals surface area contributed by atoms with Crippen LogP contribution in [0.5, 0.6) is 0 Å². The molecule has 0 aliphatic carbocycles. The number of hydrogen-bond acceptors (Lipinski definition) is 5. The molecule has 2 aromatic rings. The average Bonchev–Trinajstić information content (AvgIpc) is 2.70. The number of hydrogen-bond donors (Lipinski definition) is 5. The van der Waals surface area contributed by atoms with Gasteiger partial charge < -0.3 is 26.6 Å². The highest BCUT2D eigenvalue weighted by Gasteiger charge is 2.11. The van der Waals surface area contributed by atoms with Crippen molar-refractivity contribution in [1.82, 2.24) is 5.32 Å². The normalized spacial score (nSPS) is 10.3. The van der Waals surface area contributed by atoms with Gasteiger partial charge in [0.2, 0.25) is 11.8 Å². The Morgan fingerprint density at radius 3 is 1.93 bits per heavy atom. The molecule has 2 aromatic carbocycles. The summed E-state index contributed by atoms with van der Waals surface area (Å²) >= 11 is 0. The van der Waals surface area contributed by atoms with Crippen molar-refractivity contribution in [2.45, 2.75) is 26.7 Å². The number of nitrogens with one attached hydrogen (secondary N) is 5. The molecule has 0 saturated carbocycles. The first-order valence-corrected chi connectivity index (χ1v) is 9.81. The molecular formula is C22H31N5O2. The molecule has 0 fully saturated rings. The third-order valence-electron chi connectivity index (χ3n) is 4.66. The molecule has 0 aliphatic heterocycles. The van der Waals surface area contributed by atoms with E-state index in [1.54, 1.807) is 0 Å². The van der Waals surface area contributed by atoms with Crippen molar-refractivity contribution < 1.29 is 9.59 Å². The van der Waals surface area contributed by atoms with Crippen LogP contribution in [0.1, 0.15) is 24.0 Å². The molecule has 0 spiro atoms. The lowest BCUT2D eigenvalue weighted by Crippen LogP contribution is -2.29. The van der Waals surface area contributed by atoms with Gasteiger partial charge in [-0.1, -0.05) is 24.3 Å². The molecule has 0 atom stereocenters. The molecular weight excluding hydrogens is 366 g/mol. The van der Waals surface area contributed by atoms with Gasteiger partial charge in [-0.05, 0) is 50.1 Å². The zero-order chi connectivity index (χ0) is 21.2. The van der Waals surface area contributed by atoms with Crippen molar-refractivity contribution in [2.75, 3.05) is 48.5 Å². The van der Waals surface area contributed by atoms with E-state index in [-0.39, 0.29) is 18.4 Å². The quantitative estimate of drug-likeness (QED) is 0.397. The third-order valence-corrected chi connectivity index (χ3v) is 4.66. The van der Waals surface area contributed by atoms with Crippen LogP contribution in [-0.2, 0) is 9.59 Å². The molecule has 156 valence electrons. The second-order valence-electron chi connectivity index (χ2n) is 6.87. The number of benzene rings is 2. The van der Waals surface area contributed by atoms with Crippen molar-refractivity contribution in [1.29, 1.82) is 0 Å². The van der Waals surface area contributed by atoms with E-state index in [1.165, 1.54) is 0 Å². The Hall–Kier alpha value is -3.06. The fraction of sp³-hybridized carbons (Fsp3) is 0.364. The Bertz CT molecular complexity index is 809. The van der Waals surface area contributed by atoms with Crippen LogP contribution in [0, 0.1) is 13.8 Å².